The molecule has 4 rings (SSSR count). The molecule has 6 heteroatoms. The van der Waals surface area contributed by atoms with Gasteiger partial charge >= 0.3 is 0 Å². The summed E-state index contributed by atoms with van der Waals surface area (Å²) in [4.78, 5) is 24.3. The molecule has 2 unspecified atom stereocenters. The number of rotatable bonds is 5. The van der Waals surface area contributed by atoms with Crippen LogP contribution in [0, 0.1) is 5.92 Å². The van der Waals surface area contributed by atoms with Gasteiger partial charge in [-0.3, -0.25) is 9.59 Å². The van der Waals surface area contributed by atoms with E-state index in [1.54, 1.807) is 6.07 Å². The molecule has 1 saturated carbocycles. The minimum absolute atomic E-state index is 0.0822. The van der Waals surface area contributed by atoms with Crippen LogP contribution < -0.4 is 20.1 Å². The van der Waals surface area contributed by atoms with Crippen molar-refractivity contribution in [2.75, 3.05) is 11.9 Å². The Morgan fingerprint density at radius 3 is 2.41 bits per heavy atom. The quantitative estimate of drug-likeness (QED) is 0.853. The van der Waals surface area contributed by atoms with Crippen LogP contribution in [-0.4, -0.2) is 24.5 Å². The number of hydrogen-bond acceptors (Lipinski definition) is 4. The molecule has 0 radical (unpaired) electrons. The van der Waals surface area contributed by atoms with E-state index >= 15 is 0 Å². The average molecular weight is 366 g/mol. The van der Waals surface area contributed by atoms with E-state index < -0.39 is 6.10 Å². The summed E-state index contributed by atoms with van der Waals surface area (Å²) in [6.07, 6.45) is 1.27. The van der Waals surface area contributed by atoms with E-state index in [1.165, 1.54) is 0 Å². The lowest BCUT2D eigenvalue weighted by molar-refractivity contribution is -0.131. The van der Waals surface area contributed by atoms with E-state index in [9.17, 15) is 9.59 Å². The molecule has 1 fully saturated rings. The van der Waals surface area contributed by atoms with Crippen LogP contribution in [-0.2, 0) is 9.59 Å². The number of fused-ring (bicyclic) bond motifs is 1. The second kappa shape index (κ2) is 7.31. The summed E-state index contributed by atoms with van der Waals surface area (Å²) in [6.45, 7) is 2.09. The highest BCUT2D eigenvalue weighted by Gasteiger charge is 2.30. The van der Waals surface area contributed by atoms with Crippen molar-refractivity contribution in [1.82, 2.24) is 5.32 Å². The summed E-state index contributed by atoms with van der Waals surface area (Å²) < 4.78 is 11.3. The van der Waals surface area contributed by atoms with E-state index in [0.717, 1.165) is 24.1 Å². The van der Waals surface area contributed by atoms with Crippen molar-refractivity contribution >= 4 is 17.5 Å². The van der Waals surface area contributed by atoms with Crippen molar-refractivity contribution in [2.45, 2.75) is 31.9 Å². The third kappa shape index (κ3) is 4.05. The number of benzene rings is 2. The largest absolute Gasteiger partial charge is 0.485 e. The summed E-state index contributed by atoms with van der Waals surface area (Å²) >= 11 is 0. The van der Waals surface area contributed by atoms with Crippen molar-refractivity contribution in [3.63, 3.8) is 0 Å². The van der Waals surface area contributed by atoms with Crippen molar-refractivity contribution < 1.29 is 19.1 Å². The van der Waals surface area contributed by atoms with Crippen LogP contribution in [0.5, 0.6) is 11.5 Å². The van der Waals surface area contributed by atoms with E-state index in [0.29, 0.717) is 11.5 Å². The highest BCUT2D eigenvalue weighted by Crippen LogP contribution is 2.31. The highest BCUT2D eigenvalue weighted by molar-refractivity contribution is 5.94. The van der Waals surface area contributed by atoms with Crippen LogP contribution in [0.2, 0.25) is 0 Å². The van der Waals surface area contributed by atoms with Crippen LogP contribution in [0.1, 0.15) is 31.4 Å². The van der Waals surface area contributed by atoms with Gasteiger partial charge in [-0.05, 0) is 49.6 Å². The van der Waals surface area contributed by atoms with Gasteiger partial charge in [0.25, 0.3) is 5.91 Å². The Bertz CT molecular complexity index is 846. The summed E-state index contributed by atoms with van der Waals surface area (Å²) in [5.41, 5.74) is 1.72. The first-order chi connectivity index (χ1) is 13.1. The topological polar surface area (TPSA) is 76.7 Å². The molecule has 6 nitrogen and oxygen atoms in total. The van der Waals surface area contributed by atoms with E-state index in [4.69, 9.17) is 9.47 Å². The maximum absolute atomic E-state index is 12.5. The molecule has 27 heavy (non-hydrogen) atoms. The number of anilines is 1. The molecule has 0 saturated heterocycles. The first kappa shape index (κ1) is 17.4. The van der Waals surface area contributed by atoms with Gasteiger partial charge in [-0.15, -0.1) is 0 Å². The third-order valence-corrected chi connectivity index (χ3v) is 4.79. The SMILES string of the molecule is CC(NC(=O)C1COc2ccccc2O1)c1ccc(NC(=O)C2CC2)cc1. The lowest BCUT2D eigenvalue weighted by atomic mass is 10.1. The Morgan fingerprint density at radius 1 is 1.00 bits per heavy atom. The van der Waals surface area contributed by atoms with Crippen LogP contribution in [0.15, 0.2) is 48.5 Å². The first-order valence-electron chi connectivity index (χ1n) is 9.20. The Balaban J connectivity index is 1.33. The van der Waals surface area contributed by atoms with Gasteiger partial charge in [0.15, 0.2) is 11.5 Å². The van der Waals surface area contributed by atoms with Gasteiger partial charge in [-0.25, -0.2) is 0 Å². The number of amides is 2. The summed E-state index contributed by atoms with van der Waals surface area (Å²) in [7, 11) is 0. The molecule has 0 aromatic heterocycles. The zero-order valence-corrected chi connectivity index (χ0v) is 15.1. The molecular weight excluding hydrogens is 344 g/mol. The summed E-state index contributed by atoms with van der Waals surface area (Å²) in [5.74, 6) is 1.26. The van der Waals surface area contributed by atoms with Gasteiger partial charge in [-0.2, -0.15) is 0 Å². The number of carbonyl (C=O) groups excluding carboxylic acids is 2. The van der Waals surface area contributed by atoms with Gasteiger partial charge in [0.2, 0.25) is 12.0 Å². The molecule has 2 aromatic rings. The van der Waals surface area contributed by atoms with E-state index in [2.05, 4.69) is 10.6 Å². The van der Waals surface area contributed by atoms with Crippen molar-refractivity contribution in [1.29, 1.82) is 0 Å². The number of para-hydroxylation sites is 2. The molecule has 2 aliphatic rings. The van der Waals surface area contributed by atoms with Gasteiger partial charge in [0, 0.05) is 11.6 Å². The summed E-state index contributed by atoms with van der Waals surface area (Å²) in [5, 5.41) is 5.86. The highest BCUT2D eigenvalue weighted by atomic mass is 16.6. The van der Waals surface area contributed by atoms with Gasteiger partial charge in [-0.1, -0.05) is 24.3 Å². The van der Waals surface area contributed by atoms with Crippen LogP contribution in [0.3, 0.4) is 0 Å². The fourth-order valence-electron chi connectivity index (χ4n) is 2.98. The van der Waals surface area contributed by atoms with Crippen LogP contribution >= 0.6 is 0 Å². The van der Waals surface area contributed by atoms with E-state index in [-0.39, 0.29) is 30.4 Å². The number of hydrogen-bond donors (Lipinski definition) is 2. The van der Waals surface area contributed by atoms with Gasteiger partial charge < -0.3 is 20.1 Å². The number of ether oxygens (including phenoxy) is 2. The second-order valence-electron chi connectivity index (χ2n) is 6.98. The van der Waals surface area contributed by atoms with Gasteiger partial charge in [0.1, 0.15) is 6.61 Å². The van der Waals surface area contributed by atoms with Crippen molar-refractivity contribution in [3.8, 4) is 11.5 Å². The Kier molecular flexibility index (Phi) is 4.71. The minimum atomic E-state index is -0.681. The molecule has 140 valence electrons. The molecule has 1 aliphatic heterocycles. The van der Waals surface area contributed by atoms with E-state index in [1.807, 2.05) is 49.4 Å². The molecule has 2 N–H and O–H groups in total. The number of carbonyl (C=O) groups is 2. The monoisotopic (exact) mass is 366 g/mol. The normalized spacial score (nSPS) is 19.1. The Morgan fingerprint density at radius 2 is 1.70 bits per heavy atom. The maximum Gasteiger partial charge on any atom is 0.265 e. The Labute approximate surface area is 157 Å². The molecule has 2 atom stereocenters. The first-order valence-corrected chi connectivity index (χ1v) is 9.20. The molecule has 0 bridgehead atoms. The average Bonchev–Trinajstić information content (AvgIpc) is 3.53. The van der Waals surface area contributed by atoms with Crippen molar-refractivity contribution in [2.24, 2.45) is 5.92 Å². The molecule has 1 aliphatic carbocycles. The van der Waals surface area contributed by atoms with Crippen molar-refractivity contribution in [3.05, 3.63) is 54.1 Å². The zero-order valence-electron chi connectivity index (χ0n) is 15.1. The lowest BCUT2D eigenvalue weighted by Crippen LogP contribution is -2.44. The maximum atomic E-state index is 12.5. The fraction of sp³-hybridized carbons (Fsp3) is 0.333. The molecular formula is C21H22N2O4. The molecule has 0 spiro atoms. The third-order valence-electron chi connectivity index (χ3n) is 4.79. The fourth-order valence-corrected chi connectivity index (χ4v) is 2.98. The smallest absolute Gasteiger partial charge is 0.265 e. The predicted octanol–water partition coefficient (Wildman–Crippen LogP) is 3.05. The second-order valence-corrected chi connectivity index (χ2v) is 6.98. The lowest BCUT2D eigenvalue weighted by Gasteiger charge is -2.26. The molecule has 2 aromatic carbocycles. The minimum Gasteiger partial charge on any atom is -0.485 e. The zero-order chi connectivity index (χ0) is 18.8. The molecule has 1 heterocycles. The standard InChI is InChI=1S/C21H22N2O4/c1-13(14-8-10-16(11-9-14)23-20(24)15-6-7-15)22-21(25)19-12-26-17-4-2-3-5-18(17)27-19/h2-5,8-11,13,15,19H,6-7,12H2,1H3,(H,22,25)(H,23,24). The molecule has 2 amide bonds. The summed E-state index contributed by atoms with van der Waals surface area (Å²) in [6, 6.07) is 14.6. The number of nitrogens with one attached hydrogen (secondary N) is 2. The van der Waals surface area contributed by atoms with Crippen LogP contribution in [0.4, 0.5) is 5.69 Å². The Hall–Kier alpha value is -3.02. The predicted molar refractivity (Wildman–Crippen MR) is 101 cm³/mol. The van der Waals surface area contributed by atoms with Crippen LogP contribution in [0.25, 0.3) is 0 Å². The van der Waals surface area contributed by atoms with Gasteiger partial charge in [0.05, 0.1) is 6.04 Å².